The number of carbonyl (C=O) groups excluding carboxylic acids is 2. The van der Waals surface area contributed by atoms with Crippen LogP contribution in [0.5, 0.6) is 5.75 Å². The molecule has 2 atom stereocenters. The molecule has 2 unspecified atom stereocenters. The molecule has 142 valence electrons. The average Bonchev–Trinajstić information content (AvgIpc) is 2.88. The summed E-state index contributed by atoms with van der Waals surface area (Å²) in [5, 5.41) is 4.22. The second-order valence-corrected chi connectivity index (χ2v) is 8.38. The summed E-state index contributed by atoms with van der Waals surface area (Å²) >= 11 is 6.02. The minimum atomic E-state index is -3.23. The van der Waals surface area contributed by atoms with E-state index in [4.69, 9.17) is 21.1 Å². The number of ether oxygens (including phenoxy) is 2. The maximum absolute atomic E-state index is 12.3. The summed E-state index contributed by atoms with van der Waals surface area (Å²) in [5.41, 5.74) is 1.16. The SMILES string of the molecule is COc1cc(Cl)c(C)cc1NC(=O)C(C)OC(=O)CC1C=CS(=O)(=O)C1. The maximum Gasteiger partial charge on any atom is 0.307 e. The van der Waals surface area contributed by atoms with Crippen LogP contribution in [0.1, 0.15) is 18.9 Å². The molecule has 0 bridgehead atoms. The molecule has 1 aliphatic rings. The second-order valence-electron chi connectivity index (χ2n) is 6.05. The van der Waals surface area contributed by atoms with Crippen LogP contribution in [0.4, 0.5) is 5.69 Å². The highest BCUT2D eigenvalue weighted by atomic mass is 35.5. The van der Waals surface area contributed by atoms with Crippen LogP contribution < -0.4 is 10.1 Å². The van der Waals surface area contributed by atoms with E-state index in [-0.39, 0.29) is 12.2 Å². The molecule has 0 aromatic heterocycles. The summed E-state index contributed by atoms with van der Waals surface area (Å²) in [6.07, 6.45) is 0.310. The van der Waals surface area contributed by atoms with E-state index in [2.05, 4.69) is 5.32 Å². The number of nitrogens with one attached hydrogen (secondary N) is 1. The van der Waals surface area contributed by atoms with Crippen molar-refractivity contribution >= 4 is 39.0 Å². The molecule has 0 spiro atoms. The average molecular weight is 402 g/mol. The monoisotopic (exact) mass is 401 g/mol. The van der Waals surface area contributed by atoms with Gasteiger partial charge in [-0.05, 0) is 25.5 Å². The largest absolute Gasteiger partial charge is 0.495 e. The molecule has 9 heteroatoms. The maximum atomic E-state index is 12.3. The lowest BCUT2D eigenvalue weighted by molar-refractivity contribution is -0.153. The molecule has 1 aromatic rings. The molecule has 1 heterocycles. The van der Waals surface area contributed by atoms with Crippen molar-refractivity contribution in [1.82, 2.24) is 0 Å². The van der Waals surface area contributed by atoms with Gasteiger partial charge in [-0.25, -0.2) is 8.42 Å². The Morgan fingerprint density at radius 3 is 2.65 bits per heavy atom. The van der Waals surface area contributed by atoms with Crippen molar-refractivity contribution < 1.29 is 27.5 Å². The number of aryl methyl sites for hydroxylation is 1. The van der Waals surface area contributed by atoms with Crippen LogP contribution in [0.3, 0.4) is 0 Å². The third kappa shape index (κ3) is 5.22. The topological polar surface area (TPSA) is 98.8 Å². The molecule has 1 aliphatic heterocycles. The Kier molecular flexibility index (Phi) is 6.30. The molecular formula is C17H20ClNO6S. The van der Waals surface area contributed by atoms with Crippen molar-refractivity contribution in [2.45, 2.75) is 26.4 Å². The van der Waals surface area contributed by atoms with E-state index in [0.717, 1.165) is 11.0 Å². The zero-order valence-corrected chi connectivity index (χ0v) is 16.2. The normalized spacial score (nSPS) is 19.0. The van der Waals surface area contributed by atoms with Gasteiger partial charge in [0, 0.05) is 22.4 Å². The molecule has 0 radical (unpaired) electrons. The number of rotatable bonds is 6. The van der Waals surface area contributed by atoms with Crippen molar-refractivity contribution in [3.05, 3.63) is 34.2 Å². The lowest BCUT2D eigenvalue weighted by atomic mass is 10.1. The summed E-state index contributed by atoms with van der Waals surface area (Å²) in [6, 6.07) is 3.23. The van der Waals surface area contributed by atoms with Crippen molar-refractivity contribution in [2.24, 2.45) is 5.92 Å². The van der Waals surface area contributed by atoms with E-state index in [1.807, 2.05) is 0 Å². The standard InChI is InChI=1S/C17H20ClNO6S/c1-10-6-14(15(24-3)8-13(10)18)19-17(21)11(2)25-16(20)7-12-4-5-26(22,23)9-12/h4-6,8,11-12H,7,9H2,1-3H3,(H,19,21). The number of esters is 1. The van der Waals surface area contributed by atoms with Gasteiger partial charge in [-0.3, -0.25) is 9.59 Å². The third-order valence-corrected chi connectivity index (χ3v) is 5.72. The third-order valence-electron chi connectivity index (χ3n) is 3.85. The molecule has 1 aromatic carbocycles. The van der Waals surface area contributed by atoms with E-state index in [9.17, 15) is 18.0 Å². The summed E-state index contributed by atoms with van der Waals surface area (Å²) < 4.78 is 33.0. The number of hydrogen-bond donors (Lipinski definition) is 1. The first-order valence-electron chi connectivity index (χ1n) is 7.86. The van der Waals surface area contributed by atoms with E-state index < -0.39 is 33.7 Å². The first-order chi connectivity index (χ1) is 12.1. The first-order valence-corrected chi connectivity index (χ1v) is 9.96. The highest BCUT2D eigenvalue weighted by Crippen LogP contribution is 2.31. The quantitative estimate of drug-likeness (QED) is 0.735. The lowest BCUT2D eigenvalue weighted by Crippen LogP contribution is -2.30. The predicted molar refractivity (Wildman–Crippen MR) is 98.0 cm³/mol. The number of hydrogen-bond acceptors (Lipinski definition) is 6. The number of allylic oxidation sites excluding steroid dienone is 1. The fourth-order valence-corrected chi connectivity index (χ4v) is 4.00. The van der Waals surface area contributed by atoms with E-state index in [0.29, 0.717) is 16.5 Å². The fraction of sp³-hybridized carbons (Fsp3) is 0.412. The summed E-state index contributed by atoms with van der Waals surface area (Å²) in [4.78, 5) is 24.2. The molecule has 1 amide bonds. The summed E-state index contributed by atoms with van der Waals surface area (Å²) in [6.45, 7) is 3.22. The fourth-order valence-electron chi connectivity index (χ4n) is 2.44. The van der Waals surface area contributed by atoms with E-state index in [1.54, 1.807) is 19.1 Å². The zero-order valence-electron chi connectivity index (χ0n) is 14.6. The van der Waals surface area contributed by atoms with Crippen LogP contribution in [0.2, 0.25) is 5.02 Å². The van der Waals surface area contributed by atoms with Crippen LogP contribution in [-0.2, 0) is 24.2 Å². The van der Waals surface area contributed by atoms with Gasteiger partial charge in [0.15, 0.2) is 15.9 Å². The van der Waals surface area contributed by atoms with Crippen molar-refractivity contribution in [3.63, 3.8) is 0 Å². The minimum absolute atomic E-state index is 0.100. The zero-order chi connectivity index (χ0) is 19.5. The Balaban J connectivity index is 1.94. The number of benzene rings is 1. The molecular weight excluding hydrogens is 382 g/mol. The van der Waals surface area contributed by atoms with Gasteiger partial charge in [0.05, 0.1) is 25.0 Å². The number of methoxy groups -OCH3 is 1. The van der Waals surface area contributed by atoms with E-state index in [1.165, 1.54) is 20.1 Å². The van der Waals surface area contributed by atoms with Gasteiger partial charge in [-0.15, -0.1) is 0 Å². The molecule has 0 aliphatic carbocycles. The van der Waals surface area contributed by atoms with Gasteiger partial charge in [0.2, 0.25) is 0 Å². The summed E-state index contributed by atoms with van der Waals surface area (Å²) in [5.74, 6) is -1.34. The van der Waals surface area contributed by atoms with Crippen LogP contribution in [0.15, 0.2) is 23.6 Å². The number of halogens is 1. The van der Waals surface area contributed by atoms with Crippen LogP contribution in [0.25, 0.3) is 0 Å². The first kappa shape index (κ1) is 20.3. The van der Waals surface area contributed by atoms with Crippen molar-refractivity contribution in [2.75, 3.05) is 18.2 Å². The van der Waals surface area contributed by atoms with Gasteiger partial charge >= 0.3 is 5.97 Å². The van der Waals surface area contributed by atoms with E-state index >= 15 is 0 Å². The number of anilines is 1. The molecule has 1 N–H and O–H groups in total. The van der Waals surface area contributed by atoms with Gasteiger partial charge in [-0.1, -0.05) is 17.7 Å². The molecule has 0 saturated heterocycles. The van der Waals surface area contributed by atoms with Gasteiger partial charge in [0.1, 0.15) is 5.75 Å². The Bertz CT molecular complexity index is 849. The highest BCUT2D eigenvalue weighted by Gasteiger charge is 2.26. The Hall–Kier alpha value is -2.06. The number of sulfone groups is 1. The number of amides is 1. The second kappa shape index (κ2) is 8.09. The van der Waals surface area contributed by atoms with Gasteiger partial charge in [0.25, 0.3) is 5.91 Å². The van der Waals surface area contributed by atoms with Crippen LogP contribution in [0, 0.1) is 12.8 Å². The highest BCUT2D eigenvalue weighted by molar-refractivity contribution is 7.94. The Morgan fingerprint density at radius 1 is 1.38 bits per heavy atom. The molecule has 7 nitrogen and oxygen atoms in total. The molecule has 0 saturated carbocycles. The van der Waals surface area contributed by atoms with Crippen molar-refractivity contribution in [3.8, 4) is 5.75 Å². The summed E-state index contributed by atoms with van der Waals surface area (Å²) in [7, 11) is -1.79. The lowest BCUT2D eigenvalue weighted by Gasteiger charge is -2.16. The predicted octanol–water partition coefficient (Wildman–Crippen LogP) is 2.48. The van der Waals surface area contributed by atoms with Gasteiger partial charge < -0.3 is 14.8 Å². The number of carbonyl (C=O) groups is 2. The minimum Gasteiger partial charge on any atom is -0.495 e. The Labute approximate surface area is 157 Å². The molecule has 2 rings (SSSR count). The Morgan fingerprint density at radius 2 is 2.08 bits per heavy atom. The van der Waals surface area contributed by atoms with Gasteiger partial charge in [-0.2, -0.15) is 0 Å². The molecule has 0 fully saturated rings. The van der Waals surface area contributed by atoms with Crippen LogP contribution >= 0.6 is 11.6 Å². The van der Waals surface area contributed by atoms with Crippen LogP contribution in [-0.4, -0.2) is 39.3 Å². The smallest absolute Gasteiger partial charge is 0.307 e. The molecule has 26 heavy (non-hydrogen) atoms. The van der Waals surface area contributed by atoms with Crippen molar-refractivity contribution in [1.29, 1.82) is 0 Å².